The molecule has 0 aromatic heterocycles. The van der Waals surface area contributed by atoms with E-state index in [1.54, 1.807) is 0 Å². The number of nitrogens with one attached hydrogen (secondary N) is 2. The van der Waals surface area contributed by atoms with Crippen molar-refractivity contribution in [1.29, 1.82) is 0 Å². The van der Waals surface area contributed by atoms with Gasteiger partial charge in [0.2, 0.25) is 0 Å². The van der Waals surface area contributed by atoms with Crippen LogP contribution in [0.1, 0.15) is 48.5 Å². The molecular formula is C24H27F3N2O5. The molecule has 0 radical (unpaired) electrons. The maximum Gasteiger partial charge on any atom is 0.418 e. The maximum atomic E-state index is 13.7. The van der Waals surface area contributed by atoms with E-state index in [0.717, 1.165) is 25.0 Å². The van der Waals surface area contributed by atoms with Gasteiger partial charge in [0, 0.05) is 17.9 Å². The molecule has 1 fully saturated rings. The number of rotatable bonds is 9. The van der Waals surface area contributed by atoms with Crippen molar-refractivity contribution in [2.45, 2.75) is 44.9 Å². The molecule has 1 heterocycles. The fraction of sp³-hybridized carbons (Fsp3) is 0.417. The van der Waals surface area contributed by atoms with Crippen molar-refractivity contribution in [3.05, 3.63) is 47.5 Å². The molecule has 0 saturated carbocycles. The van der Waals surface area contributed by atoms with Crippen LogP contribution in [0, 0.1) is 0 Å². The third kappa shape index (κ3) is 6.40. The second-order valence-electron chi connectivity index (χ2n) is 7.77. The number of hydrogen-bond donors (Lipinski definition) is 2. The minimum absolute atomic E-state index is 0.0407. The van der Waals surface area contributed by atoms with Crippen LogP contribution in [0.5, 0.6) is 11.5 Å². The number of alkyl halides is 3. The number of amides is 2. The van der Waals surface area contributed by atoms with E-state index in [-0.39, 0.29) is 11.3 Å². The van der Waals surface area contributed by atoms with E-state index in [4.69, 9.17) is 14.2 Å². The Kier molecular flexibility index (Phi) is 8.38. The van der Waals surface area contributed by atoms with Crippen molar-refractivity contribution < 1.29 is 37.0 Å². The number of anilines is 2. The van der Waals surface area contributed by atoms with Crippen LogP contribution in [0.2, 0.25) is 0 Å². The van der Waals surface area contributed by atoms with Gasteiger partial charge in [-0.15, -0.1) is 0 Å². The lowest BCUT2D eigenvalue weighted by Gasteiger charge is -2.17. The van der Waals surface area contributed by atoms with Gasteiger partial charge in [-0.05, 0) is 55.7 Å². The average Bonchev–Trinajstić information content (AvgIpc) is 3.35. The zero-order chi connectivity index (χ0) is 24.7. The summed E-state index contributed by atoms with van der Waals surface area (Å²) < 4.78 is 57.3. The SMILES string of the molecule is CCCCOc1ccc(C(=O)Nc2ccc(NC(=O)C3CCCO3)cc2C(F)(F)F)cc1OC. The normalized spacial score (nSPS) is 15.6. The van der Waals surface area contributed by atoms with E-state index in [1.807, 2.05) is 6.92 Å². The van der Waals surface area contributed by atoms with Crippen LogP contribution in [-0.4, -0.2) is 38.2 Å². The predicted octanol–water partition coefficient (Wildman–Crippen LogP) is 5.26. The van der Waals surface area contributed by atoms with Crippen molar-refractivity contribution in [3.63, 3.8) is 0 Å². The summed E-state index contributed by atoms with van der Waals surface area (Å²) in [4.78, 5) is 24.9. The Hall–Kier alpha value is -3.27. The summed E-state index contributed by atoms with van der Waals surface area (Å²) in [5, 5.41) is 4.74. The first-order chi connectivity index (χ1) is 16.2. The Balaban J connectivity index is 1.78. The number of unbranched alkanes of at least 4 members (excludes halogenated alkanes) is 1. The summed E-state index contributed by atoms with van der Waals surface area (Å²) in [5.74, 6) is -0.516. The first kappa shape index (κ1) is 25.4. The van der Waals surface area contributed by atoms with Gasteiger partial charge in [-0.2, -0.15) is 13.2 Å². The highest BCUT2D eigenvalue weighted by molar-refractivity contribution is 6.05. The topological polar surface area (TPSA) is 85.9 Å². The molecule has 2 aromatic rings. The quantitative estimate of drug-likeness (QED) is 0.478. The van der Waals surface area contributed by atoms with Crippen LogP contribution in [-0.2, 0) is 15.7 Å². The number of halogens is 3. The number of benzene rings is 2. The lowest BCUT2D eigenvalue weighted by Crippen LogP contribution is -2.27. The number of carbonyl (C=O) groups excluding carboxylic acids is 2. The minimum Gasteiger partial charge on any atom is -0.493 e. The molecule has 2 N–H and O–H groups in total. The van der Waals surface area contributed by atoms with Gasteiger partial charge in [0.1, 0.15) is 6.10 Å². The lowest BCUT2D eigenvalue weighted by atomic mass is 10.1. The largest absolute Gasteiger partial charge is 0.493 e. The standard InChI is InChI=1S/C24H27F3N2O5/c1-3-4-11-33-19-10-7-15(13-21(19)32-2)22(30)29-18-9-8-16(14-17(18)24(25,26)27)28-23(31)20-6-5-12-34-20/h7-10,13-14,20H,3-6,11-12H2,1-2H3,(H,28,31)(H,29,30). The molecule has 1 aliphatic heterocycles. The highest BCUT2D eigenvalue weighted by Crippen LogP contribution is 2.37. The molecule has 7 nitrogen and oxygen atoms in total. The van der Waals surface area contributed by atoms with Crippen molar-refractivity contribution in [1.82, 2.24) is 0 Å². The van der Waals surface area contributed by atoms with Gasteiger partial charge in [0.25, 0.3) is 11.8 Å². The molecule has 34 heavy (non-hydrogen) atoms. The van der Waals surface area contributed by atoms with E-state index in [0.29, 0.717) is 37.6 Å². The van der Waals surface area contributed by atoms with Crippen LogP contribution < -0.4 is 20.1 Å². The zero-order valence-corrected chi connectivity index (χ0v) is 19.0. The molecule has 0 aliphatic carbocycles. The average molecular weight is 480 g/mol. The molecule has 1 atom stereocenters. The molecule has 0 spiro atoms. The molecule has 1 saturated heterocycles. The van der Waals surface area contributed by atoms with Gasteiger partial charge < -0.3 is 24.8 Å². The monoisotopic (exact) mass is 480 g/mol. The van der Waals surface area contributed by atoms with E-state index in [9.17, 15) is 22.8 Å². The molecule has 3 rings (SSSR count). The van der Waals surface area contributed by atoms with Gasteiger partial charge in [-0.25, -0.2) is 0 Å². The molecule has 184 valence electrons. The molecular weight excluding hydrogens is 453 g/mol. The molecule has 0 bridgehead atoms. The first-order valence-electron chi connectivity index (χ1n) is 11.0. The molecule has 2 amide bonds. The van der Waals surface area contributed by atoms with Crippen molar-refractivity contribution in [2.75, 3.05) is 31.0 Å². The summed E-state index contributed by atoms with van der Waals surface area (Å²) in [6, 6.07) is 7.57. The second kappa shape index (κ2) is 11.2. The summed E-state index contributed by atoms with van der Waals surface area (Å²) >= 11 is 0. The lowest BCUT2D eigenvalue weighted by molar-refractivity contribution is -0.137. The molecule has 10 heteroatoms. The Morgan fingerprint density at radius 1 is 1.12 bits per heavy atom. The number of methoxy groups -OCH3 is 1. The Bertz CT molecular complexity index is 1020. The van der Waals surface area contributed by atoms with E-state index < -0.39 is 35.3 Å². The first-order valence-corrected chi connectivity index (χ1v) is 11.0. The predicted molar refractivity (Wildman–Crippen MR) is 120 cm³/mol. The summed E-state index contributed by atoms with van der Waals surface area (Å²) in [6.07, 6.45) is -2.43. The van der Waals surface area contributed by atoms with Crippen LogP contribution in [0.15, 0.2) is 36.4 Å². The second-order valence-corrected chi connectivity index (χ2v) is 7.77. The summed E-state index contributed by atoms with van der Waals surface area (Å²) in [7, 11) is 1.41. The van der Waals surface area contributed by atoms with Gasteiger partial charge in [0.05, 0.1) is 25.0 Å². The molecule has 1 aliphatic rings. The highest BCUT2D eigenvalue weighted by atomic mass is 19.4. The van der Waals surface area contributed by atoms with Crippen LogP contribution in [0.3, 0.4) is 0 Å². The van der Waals surface area contributed by atoms with Gasteiger partial charge >= 0.3 is 6.18 Å². The Morgan fingerprint density at radius 3 is 2.56 bits per heavy atom. The molecule has 1 unspecified atom stereocenters. The van der Waals surface area contributed by atoms with E-state index in [2.05, 4.69) is 10.6 Å². The fourth-order valence-corrected chi connectivity index (χ4v) is 3.42. The minimum atomic E-state index is -4.76. The summed E-state index contributed by atoms with van der Waals surface area (Å²) in [5.41, 5.74) is -1.46. The smallest absolute Gasteiger partial charge is 0.418 e. The van der Waals surface area contributed by atoms with Gasteiger partial charge in [-0.1, -0.05) is 13.3 Å². The zero-order valence-electron chi connectivity index (χ0n) is 19.0. The van der Waals surface area contributed by atoms with Crippen LogP contribution >= 0.6 is 0 Å². The summed E-state index contributed by atoms with van der Waals surface area (Å²) in [6.45, 7) is 2.93. The fourth-order valence-electron chi connectivity index (χ4n) is 3.42. The van der Waals surface area contributed by atoms with Gasteiger partial charge in [-0.3, -0.25) is 9.59 Å². The number of hydrogen-bond acceptors (Lipinski definition) is 5. The third-order valence-electron chi connectivity index (χ3n) is 5.24. The third-order valence-corrected chi connectivity index (χ3v) is 5.24. The van der Waals surface area contributed by atoms with Crippen LogP contribution in [0.25, 0.3) is 0 Å². The van der Waals surface area contributed by atoms with E-state index in [1.165, 1.54) is 31.4 Å². The van der Waals surface area contributed by atoms with Gasteiger partial charge in [0.15, 0.2) is 11.5 Å². The molecule has 2 aromatic carbocycles. The Labute approximate surface area is 195 Å². The number of carbonyl (C=O) groups is 2. The van der Waals surface area contributed by atoms with Crippen molar-refractivity contribution >= 4 is 23.2 Å². The highest BCUT2D eigenvalue weighted by Gasteiger charge is 2.35. The van der Waals surface area contributed by atoms with E-state index >= 15 is 0 Å². The maximum absolute atomic E-state index is 13.7. The Morgan fingerprint density at radius 2 is 1.91 bits per heavy atom. The number of ether oxygens (including phenoxy) is 3. The van der Waals surface area contributed by atoms with Crippen molar-refractivity contribution in [3.8, 4) is 11.5 Å². The van der Waals surface area contributed by atoms with Crippen LogP contribution in [0.4, 0.5) is 24.5 Å². The van der Waals surface area contributed by atoms with Crippen molar-refractivity contribution in [2.24, 2.45) is 0 Å².